The number of rotatable bonds is 6. The lowest BCUT2D eigenvalue weighted by Crippen LogP contribution is -2.18. The molecule has 2 aromatic rings. The first kappa shape index (κ1) is 23.0. The van der Waals surface area contributed by atoms with E-state index in [-0.39, 0.29) is 5.28 Å². The van der Waals surface area contributed by atoms with Gasteiger partial charge in [-0.15, -0.1) is 13.0 Å². The minimum Gasteiger partial charge on any atom is -0.389 e. The summed E-state index contributed by atoms with van der Waals surface area (Å²) >= 11 is 5.89. The Balaban J connectivity index is 0.000000772. The van der Waals surface area contributed by atoms with Crippen molar-refractivity contribution in [1.29, 1.82) is 5.26 Å². The van der Waals surface area contributed by atoms with Crippen molar-refractivity contribution in [2.24, 2.45) is 0 Å². The Labute approximate surface area is 160 Å². The maximum absolute atomic E-state index is 7.74. The summed E-state index contributed by atoms with van der Waals surface area (Å²) in [5.41, 5.74) is 0.824. The Bertz CT molecular complexity index is 772. The molecule has 0 fully saturated rings. The number of para-hydroxylation sites is 1. The first-order valence-electron chi connectivity index (χ1n) is 8.21. The lowest BCUT2D eigenvalue weighted by molar-refractivity contribution is 0.866. The van der Waals surface area contributed by atoms with Gasteiger partial charge in [0, 0.05) is 30.8 Å². The minimum atomic E-state index is 0.237. The lowest BCUT2D eigenvalue weighted by Gasteiger charge is -2.08. The average Bonchev–Trinajstić information content (AvgIpc) is 2.67. The number of anilines is 1. The van der Waals surface area contributed by atoms with Gasteiger partial charge >= 0.3 is 0 Å². The Hall–Kier alpha value is -3.02. The molecule has 0 amide bonds. The van der Waals surface area contributed by atoms with E-state index >= 15 is 0 Å². The fourth-order valence-electron chi connectivity index (χ4n) is 1.69. The van der Waals surface area contributed by atoms with Crippen molar-refractivity contribution >= 4 is 28.3 Å². The van der Waals surface area contributed by atoms with Crippen molar-refractivity contribution in [1.82, 2.24) is 15.3 Å². The number of nitrogens with zero attached hydrogens (tertiary/aromatic N) is 3. The number of aromatic nitrogens is 2. The van der Waals surface area contributed by atoms with E-state index in [1.807, 2.05) is 44.2 Å². The number of hydrogen-bond donors (Lipinski definition) is 2. The second-order valence-corrected chi connectivity index (χ2v) is 4.73. The SMILES string of the molecule is C#C/C=C/NCCNc1nc(Cl)nc2ccccc12.C=CCC#N.CC. The van der Waals surface area contributed by atoms with Crippen molar-refractivity contribution in [3.05, 3.63) is 54.5 Å². The lowest BCUT2D eigenvalue weighted by atomic mass is 10.2. The minimum absolute atomic E-state index is 0.237. The van der Waals surface area contributed by atoms with Gasteiger partial charge in [0.05, 0.1) is 18.0 Å². The van der Waals surface area contributed by atoms with Crippen LogP contribution in [0, 0.1) is 23.7 Å². The summed E-state index contributed by atoms with van der Waals surface area (Å²) in [4.78, 5) is 8.37. The van der Waals surface area contributed by atoms with Gasteiger partial charge in [0.25, 0.3) is 0 Å². The highest BCUT2D eigenvalue weighted by Gasteiger charge is 2.04. The average molecular weight is 370 g/mol. The smallest absolute Gasteiger partial charge is 0.224 e. The van der Waals surface area contributed by atoms with Gasteiger partial charge in [-0.25, -0.2) is 9.97 Å². The molecule has 0 aliphatic heterocycles. The van der Waals surface area contributed by atoms with Crippen LogP contribution >= 0.6 is 11.6 Å². The predicted octanol–water partition coefficient (Wildman–Crippen LogP) is 4.54. The van der Waals surface area contributed by atoms with Gasteiger partial charge in [-0.05, 0) is 23.7 Å². The summed E-state index contributed by atoms with van der Waals surface area (Å²) in [5, 5.41) is 15.2. The third-order valence-electron chi connectivity index (χ3n) is 2.67. The van der Waals surface area contributed by atoms with Gasteiger partial charge < -0.3 is 10.6 Å². The van der Waals surface area contributed by atoms with Crippen LogP contribution in [0.25, 0.3) is 10.9 Å². The number of nitriles is 1. The van der Waals surface area contributed by atoms with Crippen molar-refractivity contribution in [3.8, 4) is 18.4 Å². The predicted molar refractivity (Wildman–Crippen MR) is 111 cm³/mol. The summed E-state index contributed by atoms with van der Waals surface area (Å²) in [5.74, 6) is 3.14. The molecule has 0 saturated heterocycles. The molecule has 5 nitrogen and oxygen atoms in total. The van der Waals surface area contributed by atoms with E-state index < -0.39 is 0 Å². The second kappa shape index (κ2) is 15.5. The van der Waals surface area contributed by atoms with E-state index in [2.05, 4.69) is 33.1 Å². The molecule has 1 aromatic carbocycles. The highest BCUT2D eigenvalue weighted by atomic mass is 35.5. The Morgan fingerprint density at radius 2 is 2.00 bits per heavy atom. The zero-order chi connectivity index (χ0) is 19.6. The van der Waals surface area contributed by atoms with Crippen molar-refractivity contribution in [3.63, 3.8) is 0 Å². The molecular weight excluding hydrogens is 346 g/mol. The molecule has 0 bridgehead atoms. The first-order chi connectivity index (χ1) is 12.7. The molecule has 0 radical (unpaired) electrons. The molecular formula is C20H24ClN5. The monoisotopic (exact) mass is 369 g/mol. The Morgan fingerprint density at radius 1 is 1.27 bits per heavy atom. The van der Waals surface area contributed by atoms with Gasteiger partial charge in [0.1, 0.15) is 5.82 Å². The van der Waals surface area contributed by atoms with Crippen molar-refractivity contribution < 1.29 is 0 Å². The summed E-state index contributed by atoms with van der Waals surface area (Å²) in [6.07, 6.45) is 10.5. The summed E-state index contributed by atoms with van der Waals surface area (Å²) in [6, 6.07) is 9.62. The van der Waals surface area contributed by atoms with Gasteiger partial charge in [-0.3, -0.25) is 0 Å². The third kappa shape index (κ3) is 9.32. The fraction of sp³-hybridized carbons (Fsp3) is 0.250. The molecule has 0 spiro atoms. The number of terminal acetylenes is 1. The molecule has 0 aliphatic rings. The van der Waals surface area contributed by atoms with E-state index in [9.17, 15) is 0 Å². The number of fused-ring (bicyclic) bond motifs is 1. The topological polar surface area (TPSA) is 73.6 Å². The highest BCUT2D eigenvalue weighted by molar-refractivity contribution is 6.28. The molecule has 26 heavy (non-hydrogen) atoms. The molecule has 0 aliphatic carbocycles. The maximum Gasteiger partial charge on any atom is 0.224 e. The van der Waals surface area contributed by atoms with Crippen LogP contribution in [0.15, 0.2) is 49.2 Å². The molecule has 0 saturated carbocycles. The van der Waals surface area contributed by atoms with Crippen LogP contribution in [-0.2, 0) is 0 Å². The number of halogens is 1. The summed E-state index contributed by atoms with van der Waals surface area (Å²) in [6.45, 7) is 8.76. The first-order valence-corrected chi connectivity index (χ1v) is 8.59. The highest BCUT2D eigenvalue weighted by Crippen LogP contribution is 2.21. The van der Waals surface area contributed by atoms with Crippen LogP contribution in [0.4, 0.5) is 5.82 Å². The van der Waals surface area contributed by atoms with Crippen LogP contribution < -0.4 is 10.6 Å². The number of allylic oxidation sites excluding steroid dienone is 2. The molecule has 0 atom stereocenters. The van der Waals surface area contributed by atoms with E-state index in [0.29, 0.717) is 13.0 Å². The second-order valence-electron chi connectivity index (χ2n) is 4.39. The summed E-state index contributed by atoms with van der Waals surface area (Å²) < 4.78 is 0. The molecule has 136 valence electrons. The van der Waals surface area contributed by atoms with Gasteiger partial charge in [0.2, 0.25) is 5.28 Å². The quantitative estimate of drug-likeness (QED) is 0.338. The van der Waals surface area contributed by atoms with Crippen molar-refractivity contribution in [2.75, 3.05) is 18.4 Å². The molecule has 6 heteroatoms. The zero-order valence-corrected chi connectivity index (χ0v) is 15.9. The standard InChI is InChI=1S/C14H13ClN4.C4H5N.C2H6/c1-2-3-8-16-9-10-17-13-11-6-4-5-7-12(11)18-14(15)19-13;1-2-3-4-5;1-2/h1,3-8,16H,9-10H2,(H,17,18,19);2H,1,3H2;1-2H3/b8-3+;;. The molecule has 2 N–H and O–H groups in total. The van der Waals surface area contributed by atoms with Crippen LogP contribution in [0.5, 0.6) is 0 Å². The number of nitrogens with one attached hydrogen (secondary N) is 2. The molecule has 1 aromatic heterocycles. The normalized spacial score (nSPS) is 8.96. The van der Waals surface area contributed by atoms with Crippen LogP contribution in [0.3, 0.4) is 0 Å². The van der Waals surface area contributed by atoms with E-state index in [4.69, 9.17) is 23.3 Å². The van der Waals surface area contributed by atoms with Crippen LogP contribution in [0.1, 0.15) is 20.3 Å². The maximum atomic E-state index is 7.74. The molecule has 0 unspecified atom stereocenters. The molecule has 2 rings (SSSR count). The van der Waals surface area contributed by atoms with Gasteiger partial charge in [0.15, 0.2) is 0 Å². The number of benzene rings is 1. The zero-order valence-electron chi connectivity index (χ0n) is 15.2. The van der Waals surface area contributed by atoms with E-state index in [1.54, 1.807) is 18.4 Å². The summed E-state index contributed by atoms with van der Waals surface area (Å²) in [7, 11) is 0. The third-order valence-corrected chi connectivity index (χ3v) is 2.84. The number of hydrogen-bond acceptors (Lipinski definition) is 5. The fourth-order valence-corrected chi connectivity index (χ4v) is 1.87. The van der Waals surface area contributed by atoms with Crippen LogP contribution in [-0.4, -0.2) is 23.1 Å². The van der Waals surface area contributed by atoms with Gasteiger partial charge in [-0.2, -0.15) is 5.26 Å². The van der Waals surface area contributed by atoms with Crippen molar-refractivity contribution in [2.45, 2.75) is 20.3 Å². The Morgan fingerprint density at radius 3 is 2.62 bits per heavy atom. The largest absolute Gasteiger partial charge is 0.389 e. The van der Waals surface area contributed by atoms with Gasteiger partial charge in [-0.1, -0.05) is 38.0 Å². The van der Waals surface area contributed by atoms with E-state index in [1.165, 1.54) is 0 Å². The van der Waals surface area contributed by atoms with Crippen LogP contribution in [0.2, 0.25) is 5.28 Å². The Kier molecular flexibility index (Phi) is 13.7. The molecule has 1 heterocycles. The van der Waals surface area contributed by atoms with E-state index in [0.717, 1.165) is 23.3 Å².